The minimum atomic E-state index is -3.12. The molecule has 0 amide bonds. The average molecular weight is 832 g/mol. The second-order valence-electron chi connectivity index (χ2n) is 16.8. The number of fused-ring (bicyclic) bond motifs is 9. The van der Waals surface area contributed by atoms with Gasteiger partial charge in [0, 0.05) is 49.4 Å². The minimum absolute atomic E-state index is 1.13. The lowest BCUT2D eigenvalue weighted by Gasteiger charge is -2.36. The summed E-state index contributed by atoms with van der Waals surface area (Å²) in [5.74, 6) is 0. The monoisotopic (exact) mass is 831 g/mol. The van der Waals surface area contributed by atoms with Gasteiger partial charge in [0.1, 0.15) is 0 Å². The summed E-state index contributed by atoms with van der Waals surface area (Å²) in [6, 6.07) is 92.6. The van der Waals surface area contributed by atoms with Crippen LogP contribution in [0, 0.1) is 0 Å². The number of hydrogen-bond donors (Lipinski definition) is 0. The van der Waals surface area contributed by atoms with Crippen molar-refractivity contribution in [3.63, 3.8) is 0 Å². The van der Waals surface area contributed by atoms with E-state index in [1.807, 2.05) is 0 Å². The third-order valence-corrected chi connectivity index (χ3v) is 18.4. The lowest BCUT2D eigenvalue weighted by atomic mass is 10.1. The Hall–Kier alpha value is -8.18. The van der Waals surface area contributed by atoms with E-state index in [2.05, 4.69) is 262 Å². The molecule has 4 heteroatoms. The van der Waals surface area contributed by atoms with E-state index < -0.39 is 8.07 Å². The first kappa shape index (κ1) is 36.5. The molecule has 0 radical (unpaired) electrons. The SMILES string of the molecule is c1ccc(-n2c3ccccc3c3ccc(-n4c5ccccc5c5cc(-n6c7ccccc7c7ccccc76)c([Si](c6ccccc6)(c6ccccc6)c6ccccc6)cc54)cc32)cc1. The van der Waals surface area contributed by atoms with Crippen LogP contribution in [0.5, 0.6) is 0 Å². The molecule has 3 nitrogen and oxygen atoms in total. The molecule has 0 aliphatic carbocycles. The molecule has 64 heavy (non-hydrogen) atoms. The van der Waals surface area contributed by atoms with Crippen LogP contribution in [-0.2, 0) is 0 Å². The summed E-state index contributed by atoms with van der Waals surface area (Å²) in [4.78, 5) is 0. The van der Waals surface area contributed by atoms with Crippen molar-refractivity contribution >= 4 is 94.2 Å². The first-order valence-electron chi connectivity index (χ1n) is 22.1. The Morgan fingerprint density at radius 3 is 1.08 bits per heavy atom. The Kier molecular flexibility index (Phi) is 8.23. The van der Waals surface area contributed by atoms with Crippen molar-refractivity contribution in [1.82, 2.24) is 13.7 Å². The minimum Gasteiger partial charge on any atom is -0.309 e. The van der Waals surface area contributed by atoms with Crippen LogP contribution < -0.4 is 20.7 Å². The van der Waals surface area contributed by atoms with E-state index in [1.54, 1.807) is 0 Å². The van der Waals surface area contributed by atoms with Gasteiger partial charge >= 0.3 is 0 Å². The molecule has 0 N–H and O–H groups in total. The van der Waals surface area contributed by atoms with E-state index in [0.29, 0.717) is 0 Å². The maximum atomic E-state index is 2.59. The molecule has 0 aliphatic heterocycles. The highest BCUT2D eigenvalue weighted by Crippen LogP contribution is 2.39. The maximum absolute atomic E-state index is 3.12. The van der Waals surface area contributed by atoms with E-state index >= 15 is 0 Å². The predicted molar refractivity (Wildman–Crippen MR) is 273 cm³/mol. The second-order valence-corrected chi connectivity index (χ2v) is 20.6. The highest BCUT2D eigenvalue weighted by molar-refractivity contribution is 7.20. The molecule has 3 aromatic heterocycles. The van der Waals surface area contributed by atoms with Gasteiger partial charge in [0.05, 0.1) is 33.1 Å². The van der Waals surface area contributed by atoms with Crippen LogP contribution in [0.15, 0.2) is 249 Å². The van der Waals surface area contributed by atoms with E-state index in [-0.39, 0.29) is 0 Å². The zero-order chi connectivity index (χ0) is 42.2. The quantitative estimate of drug-likeness (QED) is 0.112. The molecule has 300 valence electrons. The fourth-order valence-electron chi connectivity index (χ4n) is 10.9. The summed E-state index contributed by atoms with van der Waals surface area (Å²) in [5.41, 5.74) is 10.6. The van der Waals surface area contributed by atoms with Gasteiger partial charge in [-0.1, -0.05) is 188 Å². The standard InChI is InChI=1S/C60H41N3Si/c1-5-21-42(22-6-1)61-53-33-17-13-31-49(53)51-38-37-43(39-57(51)61)62-54-34-18-16-32-50(54)52-40-59(63-55-35-19-14-29-47(55)48-30-15-20-36-56(48)63)60(41-58(52)62)64(44-23-7-2-8-24-44,45-25-9-3-10-26-45)46-27-11-4-12-28-46/h1-41H. The molecule has 0 saturated carbocycles. The number of hydrogen-bond acceptors (Lipinski definition) is 0. The Balaban J connectivity index is 1.23. The van der Waals surface area contributed by atoms with Crippen molar-refractivity contribution < 1.29 is 0 Å². The fraction of sp³-hybridized carbons (Fsp3) is 0. The van der Waals surface area contributed by atoms with Gasteiger partial charge in [0.25, 0.3) is 0 Å². The molecule has 13 rings (SSSR count). The average Bonchev–Trinajstić information content (AvgIpc) is 4.00. The molecule has 0 saturated heterocycles. The molecular formula is C60H41N3Si. The maximum Gasteiger partial charge on any atom is 0.181 e. The zero-order valence-corrected chi connectivity index (χ0v) is 36.0. The van der Waals surface area contributed by atoms with Crippen molar-refractivity contribution in [2.24, 2.45) is 0 Å². The summed E-state index contributed by atoms with van der Waals surface area (Å²) in [5, 5.41) is 12.8. The van der Waals surface area contributed by atoms with E-state index in [1.165, 1.54) is 91.9 Å². The molecule has 0 spiro atoms. The Labute approximate surface area is 372 Å². The van der Waals surface area contributed by atoms with Gasteiger partial charge in [-0.3, -0.25) is 0 Å². The van der Waals surface area contributed by atoms with Crippen molar-refractivity contribution in [2.45, 2.75) is 0 Å². The molecule has 3 heterocycles. The van der Waals surface area contributed by atoms with Gasteiger partial charge in [-0.05, 0) is 81.4 Å². The van der Waals surface area contributed by atoms with Crippen molar-refractivity contribution in [3.8, 4) is 17.1 Å². The molecule has 13 aromatic rings. The van der Waals surface area contributed by atoms with E-state index in [9.17, 15) is 0 Å². The molecule has 10 aromatic carbocycles. The molecule has 0 aliphatic rings. The summed E-state index contributed by atoms with van der Waals surface area (Å²) < 4.78 is 7.51. The van der Waals surface area contributed by atoms with Gasteiger partial charge in [-0.25, -0.2) is 0 Å². The Morgan fingerprint density at radius 2 is 0.594 bits per heavy atom. The smallest absolute Gasteiger partial charge is 0.181 e. The topological polar surface area (TPSA) is 14.8 Å². The van der Waals surface area contributed by atoms with Gasteiger partial charge in [0.15, 0.2) is 8.07 Å². The summed E-state index contributed by atoms with van der Waals surface area (Å²) in [6.45, 7) is 0. The summed E-state index contributed by atoms with van der Waals surface area (Å²) >= 11 is 0. The zero-order valence-electron chi connectivity index (χ0n) is 35.0. The second kappa shape index (κ2) is 14.5. The number of para-hydroxylation sites is 5. The molecule has 0 fully saturated rings. The number of benzene rings is 10. The number of aromatic nitrogens is 3. The predicted octanol–water partition coefficient (Wildman–Crippen LogP) is 12.4. The van der Waals surface area contributed by atoms with Gasteiger partial charge in [-0.2, -0.15) is 0 Å². The molecule has 0 unspecified atom stereocenters. The Morgan fingerprint density at radius 1 is 0.234 bits per heavy atom. The first-order chi connectivity index (χ1) is 31.8. The summed E-state index contributed by atoms with van der Waals surface area (Å²) in [6.07, 6.45) is 0. The van der Waals surface area contributed by atoms with Gasteiger partial charge < -0.3 is 13.7 Å². The Bertz CT molecular complexity index is 3730. The van der Waals surface area contributed by atoms with Crippen LogP contribution in [0.2, 0.25) is 0 Å². The first-order valence-corrected chi connectivity index (χ1v) is 24.1. The van der Waals surface area contributed by atoms with Crippen molar-refractivity contribution in [2.75, 3.05) is 0 Å². The third kappa shape index (κ3) is 5.27. The van der Waals surface area contributed by atoms with Crippen LogP contribution in [0.25, 0.3) is 82.5 Å². The number of nitrogens with zero attached hydrogens (tertiary/aromatic N) is 3. The molecular weight excluding hydrogens is 791 g/mol. The van der Waals surface area contributed by atoms with Gasteiger partial charge in [-0.15, -0.1) is 0 Å². The largest absolute Gasteiger partial charge is 0.309 e. The summed E-state index contributed by atoms with van der Waals surface area (Å²) in [7, 11) is -3.12. The molecule has 0 atom stereocenters. The lowest BCUT2D eigenvalue weighted by Crippen LogP contribution is -2.75. The van der Waals surface area contributed by atoms with Crippen LogP contribution in [0.1, 0.15) is 0 Å². The third-order valence-electron chi connectivity index (χ3n) is 13.6. The van der Waals surface area contributed by atoms with E-state index in [4.69, 9.17) is 0 Å². The number of rotatable bonds is 7. The van der Waals surface area contributed by atoms with Crippen molar-refractivity contribution in [1.29, 1.82) is 0 Å². The highest BCUT2D eigenvalue weighted by atomic mass is 28.3. The fourth-order valence-corrected chi connectivity index (χ4v) is 15.9. The van der Waals surface area contributed by atoms with Crippen LogP contribution in [0.3, 0.4) is 0 Å². The van der Waals surface area contributed by atoms with E-state index in [0.717, 1.165) is 11.4 Å². The normalized spacial score (nSPS) is 12.1. The highest BCUT2D eigenvalue weighted by Gasteiger charge is 2.44. The van der Waals surface area contributed by atoms with Crippen LogP contribution in [0.4, 0.5) is 0 Å². The van der Waals surface area contributed by atoms with Gasteiger partial charge in [0.2, 0.25) is 0 Å². The van der Waals surface area contributed by atoms with Crippen LogP contribution >= 0.6 is 0 Å². The molecule has 0 bridgehead atoms. The lowest BCUT2D eigenvalue weighted by molar-refractivity contribution is 1.15. The van der Waals surface area contributed by atoms with Crippen LogP contribution in [-0.4, -0.2) is 21.8 Å². The van der Waals surface area contributed by atoms with Crippen molar-refractivity contribution in [3.05, 3.63) is 249 Å².